The smallest absolute Gasteiger partial charge is 0.163 e. The average Bonchev–Trinajstić information content (AvgIpc) is 2.95. The molecule has 0 fully saturated rings. The van der Waals surface area contributed by atoms with Gasteiger partial charge in [0.1, 0.15) is 11.5 Å². The summed E-state index contributed by atoms with van der Waals surface area (Å²) in [6.07, 6.45) is 10.9. The van der Waals surface area contributed by atoms with Crippen LogP contribution in [0.25, 0.3) is 22.3 Å². The van der Waals surface area contributed by atoms with Gasteiger partial charge in [0.25, 0.3) is 0 Å². The molecule has 0 bridgehead atoms. The van der Waals surface area contributed by atoms with Crippen LogP contribution in [-0.4, -0.2) is 27.7 Å². The van der Waals surface area contributed by atoms with E-state index in [2.05, 4.69) is 41.9 Å². The predicted molar refractivity (Wildman–Crippen MR) is 108 cm³/mol. The van der Waals surface area contributed by atoms with Gasteiger partial charge in [-0.2, -0.15) is 0 Å². The Labute approximate surface area is 159 Å². The van der Waals surface area contributed by atoms with Crippen LogP contribution < -0.4 is 5.32 Å². The number of halogens is 1. The van der Waals surface area contributed by atoms with Crippen molar-refractivity contribution >= 4 is 38.9 Å². The minimum atomic E-state index is 0.514. The third-order valence-corrected chi connectivity index (χ3v) is 4.27. The number of hydrogen-bond acceptors (Lipinski definition) is 5. The average molecular weight is 404 g/mol. The SMILES string of the molecule is Brc1ccc2nc(-c3cccnc3)nc(NCC3=C=CC=CC=N3)c2c1. The summed E-state index contributed by atoms with van der Waals surface area (Å²) in [6.45, 7) is 0.514. The minimum Gasteiger partial charge on any atom is -0.363 e. The van der Waals surface area contributed by atoms with Crippen molar-refractivity contribution in [2.45, 2.75) is 0 Å². The van der Waals surface area contributed by atoms with E-state index in [0.29, 0.717) is 12.4 Å². The van der Waals surface area contributed by atoms with E-state index in [1.807, 2.05) is 48.6 Å². The maximum absolute atomic E-state index is 4.72. The maximum atomic E-state index is 4.72. The van der Waals surface area contributed by atoms with Gasteiger partial charge in [0.05, 0.1) is 12.1 Å². The number of rotatable bonds is 4. The molecule has 1 aliphatic heterocycles. The molecule has 0 amide bonds. The van der Waals surface area contributed by atoms with E-state index in [1.54, 1.807) is 18.6 Å². The first-order chi connectivity index (χ1) is 12.8. The predicted octanol–water partition coefficient (Wildman–Crippen LogP) is 4.55. The summed E-state index contributed by atoms with van der Waals surface area (Å²) in [4.78, 5) is 17.9. The van der Waals surface area contributed by atoms with Gasteiger partial charge < -0.3 is 5.32 Å². The Hall–Kier alpha value is -3.08. The molecule has 0 atom stereocenters. The molecule has 1 aromatic carbocycles. The topological polar surface area (TPSA) is 63.1 Å². The van der Waals surface area contributed by atoms with Crippen LogP contribution in [0.1, 0.15) is 0 Å². The lowest BCUT2D eigenvalue weighted by atomic mass is 10.2. The van der Waals surface area contributed by atoms with Crippen LogP contribution in [0.4, 0.5) is 5.82 Å². The molecule has 6 heteroatoms. The van der Waals surface area contributed by atoms with Crippen molar-refractivity contribution in [2.75, 3.05) is 11.9 Å². The highest BCUT2D eigenvalue weighted by atomic mass is 79.9. The van der Waals surface area contributed by atoms with Crippen LogP contribution in [0.2, 0.25) is 0 Å². The Morgan fingerprint density at radius 2 is 2.08 bits per heavy atom. The van der Waals surface area contributed by atoms with Crippen LogP contribution in [0, 0.1) is 0 Å². The van der Waals surface area contributed by atoms with Gasteiger partial charge in [0.15, 0.2) is 5.82 Å². The van der Waals surface area contributed by atoms with Gasteiger partial charge in [-0.3, -0.25) is 9.98 Å². The monoisotopic (exact) mass is 403 g/mol. The molecule has 3 heterocycles. The molecule has 1 N–H and O–H groups in total. The van der Waals surface area contributed by atoms with Gasteiger partial charge in [0, 0.05) is 34.0 Å². The Kier molecular flexibility index (Phi) is 4.69. The Balaban J connectivity index is 1.76. The molecule has 0 saturated carbocycles. The fourth-order valence-corrected chi connectivity index (χ4v) is 2.90. The van der Waals surface area contributed by atoms with Gasteiger partial charge in [-0.05, 0) is 42.5 Å². The molecule has 126 valence electrons. The van der Waals surface area contributed by atoms with Crippen molar-refractivity contribution in [3.63, 3.8) is 0 Å². The van der Waals surface area contributed by atoms with Gasteiger partial charge in [-0.25, -0.2) is 9.97 Å². The number of allylic oxidation sites excluding steroid dienone is 2. The number of nitrogens with zero attached hydrogens (tertiary/aromatic N) is 4. The van der Waals surface area contributed by atoms with Gasteiger partial charge in [0.2, 0.25) is 0 Å². The van der Waals surface area contributed by atoms with Crippen LogP contribution in [0.5, 0.6) is 0 Å². The summed E-state index contributed by atoms with van der Waals surface area (Å²) in [6, 6.07) is 9.77. The minimum absolute atomic E-state index is 0.514. The largest absolute Gasteiger partial charge is 0.363 e. The number of anilines is 1. The molecular formula is C20H14BrN5. The molecule has 0 radical (unpaired) electrons. The number of hydrogen-bond donors (Lipinski definition) is 1. The van der Waals surface area contributed by atoms with E-state index in [1.165, 1.54) is 0 Å². The second-order valence-electron chi connectivity index (χ2n) is 5.57. The Bertz CT molecular complexity index is 1080. The quantitative estimate of drug-likeness (QED) is 0.649. The lowest BCUT2D eigenvalue weighted by molar-refractivity contribution is 1.13. The number of pyridine rings is 1. The van der Waals surface area contributed by atoms with Crippen molar-refractivity contribution < 1.29 is 0 Å². The fraction of sp³-hybridized carbons (Fsp3) is 0.0500. The maximum Gasteiger partial charge on any atom is 0.163 e. The molecule has 0 saturated heterocycles. The summed E-state index contributed by atoms with van der Waals surface area (Å²) in [5, 5.41) is 4.31. The molecule has 3 aromatic rings. The van der Waals surface area contributed by atoms with Crippen molar-refractivity contribution in [1.29, 1.82) is 0 Å². The number of benzene rings is 1. The highest BCUT2D eigenvalue weighted by molar-refractivity contribution is 9.10. The number of fused-ring (bicyclic) bond motifs is 1. The second-order valence-corrected chi connectivity index (χ2v) is 6.49. The van der Waals surface area contributed by atoms with Gasteiger partial charge in [-0.15, -0.1) is 0 Å². The first-order valence-electron chi connectivity index (χ1n) is 8.06. The molecule has 0 unspecified atom stereocenters. The zero-order chi connectivity index (χ0) is 17.8. The summed E-state index contributed by atoms with van der Waals surface area (Å²) in [7, 11) is 0. The normalized spacial score (nSPS) is 12.9. The van der Waals surface area contributed by atoms with Gasteiger partial charge >= 0.3 is 0 Å². The van der Waals surface area contributed by atoms with Crippen molar-refractivity contribution in [1.82, 2.24) is 15.0 Å². The lowest BCUT2D eigenvalue weighted by Gasteiger charge is -2.11. The zero-order valence-electron chi connectivity index (χ0n) is 13.7. The number of aliphatic imine (C=N–C) groups is 1. The lowest BCUT2D eigenvalue weighted by Crippen LogP contribution is -2.07. The van der Waals surface area contributed by atoms with E-state index >= 15 is 0 Å². The highest BCUT2D eigenvalue weighted by Crippen LogP contribution is 2.27. The van der Waals surface area contributed by atoms with Gasteiger partial charge in [-0.1, -0.05) is 27.7 Å². The van der Waals surface area contributed by atoms with Crippen molar-refractivity contribution in [3.05, 3.63) is 76.9 Å². The summed E-state index contributed by atoms with van der Waals surface area (Å²) < 4.78 is 0.974. The molecule has 0 aliphatic carbocycles. The zero-order valence-corrected chi connectivity index (χ0v) is 15.3. The highest BCUT2D eigenvalue weighted by Gasteiger charge is 2.10. The summed E-state index contributed by atoms with van der Waals surface area (Å²) >= 11 is 3.52. The molecule has 1 aliphatic rings. The van der Waals surface area contributed by atoms with Crippen molar-refractivity contribution in [2.24, 2.45) is 4.99 Å². The number of aromatic nitrogens is 3. The molecule has 0 spiro atoms. The molecule has 26 heavy (non-hydrogen) atoms. The molecule has 5 nitrogen and oxygen atoms in total. The van der Waals surface area contributed by atoms with Crippen LogP contribution >= 0.6 is 15.9 Å². The molecular weight excluding hydrogens is 390 g/mol. The summed E-state index contributed by atoms with van der Waals surface area (Å²) in [5.74, 6) is 1.38. The summed E-state index contributed by atoms with van der Waals surface area (Å²) in [5.41, 5.74) is 5.68. The van der Waals surface area contributed by atoms with E-state index in [9.17, 15) is 0 Å². The van der Waals surface area contributed by atoms with Crippen LogP contribution in [0.3, 0.4) is 0 Å². The Morgan fingerprint density at radius 3 is 2.96 bits per heavy atom. The van der Waals surface area contributed by atoms with Crippen molar-refractivity contribution in [3.8, 4) is 11.4 Å². The van der Waals surface area contributed by atoms with E-state index in [4.69, 9.17) is 4.98 Å². The fourth-order valence-electron chi connectivity index (χ4n) is 2.54. The van der Waals surface area contributed by atoms with Crippen LogP contribution in [-0.2, 0) is 0 Å². The molecule has 2 aromatic heterocycles. The molecule has 4 rings (SSSR count). The van der Waals surface area contributed by atoms with E-state index in [0.717, 1.165) is 32.5 Å². The van der Waals surface area contributed by atoms with Crippen LogP contribution in [0.15, 0.2) is 81.8 Å². The number of nitrogens with one attached hydrogen (secondary N) is 1. The van der Waals surface area contributed by atoms with E-state index in [-0.39, 0.29) is 0 Å². The first kappa shape index (κ1) is 16.4. The third-order valence-electron chi connectivity index (χ3n) is 3.77. The first-order valence-corrected chi connectivity index (χ1v) is 8.85. The third kappa shape index (κ3) is 3.61. The Morgan fingerprint density at radius 1 is 1.12 bits per heavy atom. The standard InChI is InChI=1S/C20H14BrN5/c21-15-7-8-18-17(11-15)20(24-13-16-6-2-1-3-10-23-16)26-19(25-18)14-5-4-9-22-12-14/h1-5,7-12H,13H2,(H,24,25,26). The van der Waals surface area contributed by atoms with E-state index < -0.39 is 0 Å². The second kappa shape index (κ2) is 7.44.